The van der Waals surface area contributed by atoms with Crippen LogP contribution in [0.3, 0.4) is 0 Å². The van der Waals surface area contributed by atoms with Gasteiger partial charge >= 0.3 is 5.97 Å². The largest absolute Gasteiger partial charge is 0.493 e. The molecular weight excluding hydrogens is 256 g/mol. The fraction of sp³-hybridized carbons (Fsp3) is 0.462. The quantitative estimate of drug-likeness (QED) is 0.789. The van der Waals surface area contributed by atoms with Crippen molar-refractivity contribution in [1.82, 2.24) is 0 Å². The minimum atomic E-state index is -0.606. The van der Waals surface area contributed by atoms with Crippen molar-refractivity contribution in [2.45, 2.75) is 18.3 Å². The topological polar surface area (TPSA) is 44.8 Å². The number of methoxy groups -OCH3 is 3. The summed E-state index contributed by atoms with van der Waals surface area (Å²) < 4.78 is 15.2. The summed E-state index contributed by atoms with van der Waals surface area (Å²) in [5.74, 6) is 0.857. The van der Waals surface area contributed by atoms with E-state index in [1.807, 2.05) is 0 Å². The second kappa shape index (κ2) is 4.69. The summed E-state index contributed by atoms with van der Waals surface area (Å²) in [4.78, 5) is 11.8. The molecule has 0 unspecified atom stereocenters. The van der Waals surface area contributed by atoms with E-state index < -0.39 is 5.41 Å². The van der Waals surface area contributed by atoms with Crippen molar-refractivity contribution in [1.29, 1.82) is 0 Å². The standard InChI is InChI=1S/C13H15ClO4/c1-16-10-6-8(9(14)7-11(10)17-2)13(4-5-13)12(15)18-3/h6-7H,4-5H2,1-3H3. The second-order valence-corrected chi connectivity index (χ2v) is 4.67. The fourth-order valence-electron chi connectivity index (χ4n) is 2.12. The number of halogens is 1. The molecule has 0 saturated heterocycles. The van der Waals surface area contributed by atoms with Crippen LogP contribution in [0.1, 0.15) is 18.4 Å². The van der Waals surface area contributed by atoms with Gasteiger partial charge in [-0.1, -0.05) is 11.6 Å². The molecule has 98 valence electrons. The Morgan fingerprint density at radius 3 is 2.17 bits per heavy atom. The zero-order valence-electron chi connectivity index (χ0n) is 10.6. The Hall–Kier alpha value is -1.42. The molecule has 18 heavy (non-hydrogen) atoms. The van der Waals surface area contributed by atoms with Gasteiger partial charge in [-0.3, -0.25) is 4.79 Å². The minimum Gasteiger partial charge on any atom is -0.493 e. The average Bonchev–Trinajstić information content (AvgIpc) is 3.18. The molecule has 0 spiro atoms. The van der Waals surface area contributed by atoms with E-state index in [9.17, 15) is 4.79 Å². The van der Waals surface area contributed by atoms with E-state index >= 15 is 0 Å². The second-order valence-electron chi connectivity index (χ2n) is 4.26. The Labute approximate surface area is 111 Å². The van der Waals surface area contributed by atoms with Crippen LogP contribution in [0.5, 0.6) is 11.5 Å². The lowest BCUT2D eigenvalue weighted by molar-refractivity contribution is -0.143. The number of carbonyl (C=O) groups excluding carboxylic acids is 1. The van der Waals surface area contributed by atoms with Crippen molar-refractivity contribution < 1.29 is 19.0 Å². The van der Waals surface area contributed by atoms with E-state index in [1.165, 1.54) is 7.11 Å². The Balaban J connectivity index is 2.49. The SMILES string of the molecule is COC(=O)C1(c2cc(OC)c(OC)cc2Cl)CC1. The van der Waals surface area contributed by atoms with Gasteiger partial charge in [-0.2, -0.15) is 0 Å². The lowest BCUT2D eigenvalue weighted by Gasteiger charge is -2.17. The van der Waals surface area contributed by atoms with Gasteiger partial charge in [-0.05, 0) is 24.5 Å². The Morgan fingerprint density at radius 2 is 1.72 bits per heavy atom. The first kappa shape index (κ1) is 13.0. The molecule has 5 heteroatoms. The molecule has 0 aliphatic heterocycles. The number of ether oxygens (including phenoxy) is 3. The monoisotopic (exact) mass is 270 g/mol. The van der Waals surface area contributed by atoms with Crippen molar-refractivity contribution >= 4 is 17.6 Å². The van der Waals surface area contributed by atoms with E-state index in [-0.39, 0.29) is 5.97 Å². The highest BCUT2D eigenvalue weighted by atomic mass is 35.5. The molecule has 1 saturated carbocycles. The van der Waals surface area contributed by atoms with E-state index in [4.69, 9.17) is 25.8 Å². The van der Waals surface area contributed by atoms with Gasteiger partial charge in [0, 0.05) is 11.1 Å². The van der Waals surface area contributed by atoms with Gasteiger partial charge in [0.15, 0.2) is 11.5 Å². The van der Waals surface area contributed by atoms with Crippen LogP contribution in [-0.4, -0.2) is 27.3 Å². The van der Waals surface area contributed by atoms with Crippen molar-refractivity contribution in [3.63, 3.8) is 0 Å². The first-order chi connectivity index (χ1) is 8.58. The number of benzene rings is 1. The molecule has 4 nitrogen and oxygen atoms in total. The lowest BCUT2D eigenvalue weighted by Crippen LogP contribution is -2.22. The molecular formula is C13H15ClO4. The minimum absolute atomic E-state index is 0.253. The van der Waals surface area contributed by atoms with Gasteiger partial charge in [0.05, 0.1) is 26.7 Å². The first-order valence-corrected chi connectivity index (χ1v) is 5.97. The molecule has 0 bridgehead atoms. The fourth-order valence-corrected chi connectivity index (χ4v) is 2.46. The highest BCUT2D eigenvalue weighted by Crippen LogP contribution is 2.53. The van der Waals surface area contributed by atoms with Crippen LogP contribution in [0.25, 0.3) is 0 Å². The number of hydrogen-bond acceptors (Lipinski definition) is 4. The van der Waals surface area contributed by atoms with Crippen molar-refractivity contribution in [2.24, 2.45) is 0 Å². The third-order valence-corrected chi connectivity index (χ3v) is 3.63. The third-order valence-electron chi connectivity index (χ3n) is 3.31. The van der Waals surface area contributed by atoms with E-state index in [1.54, 1.807) is 26.4 Å². The molecule has 0 amide bonds. The van der Waals surface area contributed by atoms with Crippen molar-refractivity contribution in [2.75, 3.05) is 21.3 Å². The van der Waals surface area contributed by atoms with Crippen LogP contribution in [-0.2, 0) is 14.9 Å². The van der Waals surface area contributed by atoms with Gasteiger partial charge < -0.3 is 14.2 Å². The molecule has 1 fully saturated rings. The zero-order chi connectivity index (χ0) is 13.3. The summed E-state index contributed by atoms with van der Waals surface area (Å²) in [5.41, 5.74) is 0.138. The Kier molecular flexibility index (Phi) is 3.39. The van der Waals surface area contributed by atoms with Gasteiger partial charge in [0.2, 0.25) is 0 Å². The van der Waals surface area contributed by atoms with Crippen LogP contribution in [0.2, 0.25) is 5.02 Å². The molecule has 0 atom stereocenters. The van der Waals surface area contributed by atoms with Crippen LogP contribution in [0.15, 0.2) is 12.1 Å². The number of rotatable bonds is 4. The number of carbonyl (C=O) groups is 1. The molecule has 0 N–H and O–H groups in total. The van der Waals surface area contributed by atoms with E-state index in [2.05, 4.69) is 0 Å². The first-order valence-electron chi connectivity index (χ1n) is 5.59. The van der Waals surface area contributed by atoms with Crippen LogP contribution >= 0.6 is 11.6 Å². The molecule has 0 radical (unpaired) electrons. The third kappa shape index (κ3) is 1.90. The summed E-state index contributed by atoms with van der Waals surface area (Å²) in [6, 6.07) is 3.42. The predicted octanol–water partition coefficient (Wildman–Crippen LogP) is 2.56. The smallest absolute Gasteiger partial charge is 0.316 e. The number of hydrogen-bond donors (Lipinski definition) is 0. The summed E-state index contributed by atoms with van der Waals surface area (Å²) >= 11 is 6.22. The highest BCUT2D eigenvalue weighted by molar-refractivity contribution is 6.32. The van der Waals surface area contributed by atoms with Crippen LogP contribution in [0.4, 0.5) is 0 Å². The van der Waals surface area contributed by atoms with E-state index in [0.717, 1.165) is 18.4 Å². The van der Waals surface area contributed by atoms with Crippen LogP contribution < -0.4 is 9.47 Å². The summed E-state index contributed by atoms with van der Waals surface area (Å²) in [5, 5.41) is 0.496. The molecule has 1 aliphatic carbocycles. The molecule has 1 aromatic rings. The van der Waals surface area contributed by atoms with Gasteiger partial charge in [0.25, 0.3) is 0 Å². The average molecular weight is 271 g/mol. The van der Waals surface area contributed by atoms with E-state index in [0.29, 0.717) is 16.5 Å². The molecule has 0 heterocycles. The van der Waals surface area contributed by atoms with Gasteiger partial charge in [-0.25, -0.2) is 0 Å². The van der Waals surface area contributed by atoms with Crippen molar-refractivity contribution in [3.8, 4) is 11.5 Å². The predicted molar refractivity (Wildman–Crippen MR) is 67.5 cm³/mol. The maximum Gasteiger partial charge on any atom is 0.316 e. The summed E-state index contributed by atoms with van der Waals surface area (Å²) in [7, 11) is 4.48. The van der Waals surface area contributed by atoms with Crippen LogP contribution in [0, 0.1) is 0 Å². The summed E-state index contributed by atoms with van der Waals surface area (Å²) in [6.45, 7) is 0. The zero-order valence-corrected chi connectivity index (χ0v) is 11.3. The molecule has 1 aliphatic rings. The normalized spacial score (nSPS) is 16.0. The van der Waals surface area contributed by atoms with Crippen molar-refractivity contribution in [3.05, 3.63) is 22.7 Å². The highest BCUT2D eigenvalue weighted by Gasteiger charge is 2.54. The maximum absolute atomic E-state index is 11.8. The summed E-state index contributed by atoms with van der Waals surface area (Å²) in [6.07, 6.45) is 1.49. The Morgan fingerprint density at radius 1 is 1.17 bits per heavy atom. The Bertz CT molecular complexity index is 480. The molecule has 2 rings (SSSR count). The van der Waals surface area contributed by atoms with Gasteiger partial charge in [-0.15, -0.1) is 0 Å². The number of esters is 1. The molecule has 0 aromatic heterocycles. The molecule has 1 aromatic carbocycles. The lowest BCUT2D eigenvalue weighted by atomic mass is 9.95. The maximum atomic E-state index is 11.8. The van der Waals surface area contributed by atoms with Gasteiger partial charge in [0.1, 0.15) is 0 Å².